The maximum atomic E-state index is 9.55. The molecule has 3 nitrogen and oxygen atoms in total. The summed E-state index contributed by atoms with van der Waals surface area (Å²) in [4.78, 5) is 0. The fourth-order valence-electron chi connectivity index (χ4n) is 1.04. The summed E-state index contributed by atoms with van der Waals surface area (Å²) in [5, 5.41) is 28.3. The zero-order valence-electron chi connectivity index (χ0n) is 7.26. The molecule has 0 radical (unpaired) electrons. The summed E-state index contributed by atoms with van der Waals surface area (Å²) < 4.78 is 0. The van der Waals surface area contributed by atoms with Crippen molar-refractivity contribution in [3.8, 4) is 5.75 Å². The van der Waals surface area contributed by atoms with E-state index in [1.54, 1.807) is 6.07 Å². The summed E-state index contributed by atoms with van der Waals surface area (Å²) in [5.74, 6) is 0.0273. The average Bonchev–Trinajstić information content (AvgIpc) is 2.20. The molecule has 1 aromatic rings. The molecule has 2 atom stereocenters. The van der Waals surface area contributed by atoms with E-state index >= 15 is 0 Å². The van der Waals surface area contributed by atoms with Gasteiger partial charge in [-0.3, -0.25) is 0 Å². The van der Waals surface area contributed by atoms with Gasteiger partial charge in [-0.25, -0.2) is 0 Å². The van der Waals surface area contributed by atoms with Crippen molar-refractivity contribution in [2.45, 2.75) is 12.2 Å². The highest BCUT2D eigenvalue weighted by molar-refractivity contribution is 7.80. The Bertz CT molecular complexity index is 319. The molecule has 0 fully saturated rings. The van der Waals surface area contributed by atoms with Crippen molar-refractivity contribution in [3.05, 3.63) is 28.8 Å². The van der Waals surface area contributed by atoms with Crippen molar-refractivity contribution >= 4 is 24.2 Å². The Kier molecular flexibility index (Phi) is 4.07. The Balaban J connectivity index is 2.91. The average molecular weight is 235 g/mol. The lowest BCUT2D eigenvalue weighted by atomic mass is 10.1. The van der Waals surface area contributed by atoms with E-state index in [9.17, 15) is 15.3 Å². The predicted molar refractivity (Wildman–Crippen MR) is 57.9 cm³/mol. The van der Waals surface area contributed by atoms with Crippen LogP contribution in [0.1, 0.15) is 11.7 Å². The summed E-state index contributed by atoms with van der Waals surface area (Å²) in [5.41, 5.74) is 0.411. The molecule has 0 aliphatic carbocycles. The van der Waals surface area contributed by atoms with Gasteiger partial charge in [0.2, 0.25) is 0 Å². The van der Waals surface area contributed by atoms with E-state index in [0.717, 1.165) is 0 Å². The zero-order valence-corrected chi connectivity index (χ0v) is 8.91. The van der Waals surface area contributed by atoms with Crippen molar-refractivity contribution in [1.29, 1.82) is 0 Å². The van der Waals surface area contributed by atoms with E-state index in [1.807, 2.05) is 0 Å². The maximum Gasteiger partial charge on any atom is 0.134 e. The SMILES string of the molecule is Oc1cc(C(O)C(O)CS)ccc1Cl. The molecule has 1 aromatic carbocycles. The van der Waals surface area contributed by atoms with Gasteiger partial charge >= 0.3 is 0 Å². The molecule has 78 valence electrons. The molecule has 0 saturated carbocycles. The molecule has 0 aromatic heterocycles. The Labute approximate surface area is 92.4 Å². The first-order chi connectivity index (χ1) is 6.56. The summed E-state index contributed by atoms with van der Waals surface area (Å²) >= 11 is 9.44. The van der Waals surface area contributed by atoms with Crippen LogP contribution in [0.25, 0.3) is 0 Å². The number of rotatable bonds is 3. The Hall–Kier alpha value is -0.420. The molecular weight excluding hydrogens is 224 g/mol. The second-order valence-electron chi connectivity index (χ2n) is 2.91. The molecule has 0 bridgehead atoms. The van der Waals surface area contributed by atoms with Crippen molar-refractivity contribution in [1.82, 2.24) is 0 Å². The van der Waals surface area contributed by atoms with E-state index in [4.69, 9.17) is 11.6 Å². The van der Waals surface area contributed by atoms with Gasteiger partial charge < -0.3 is 15.3 Å². The van der Waals surface area contributed by atoms with Gasteiger partial charge in [-0.15, -0.1) is 0 Å². The van der Waals surface area contributed by atoms with Gasteiger partial charge in [0.05, 0.1) is 11.1 Å². The number of hydrogen-bond donors (Lipinski definition) is 4. The topological polar surface area (TPSA) is 60.7 Å². The van der Waals surface area contributed by atoms with Crippen molar-refractivity contribution < 1.29 is 15.3 Å². The van der Waals surface area contributed by atoms with Gasteiger partial charge in [0.1, 0.15) is 11.9 Å². The number of aliphatic hydroxyl groups is 2. The molecule has 1 rings (SSSR count). The van der Waals surface area contributed by atoms with Crippen LogP contribution in [-0.4, -0.2) is 27.2 Å². The smallest absolute Gasteiger partial charge is 0.134 e. The molecule has 0 spiro atoms. The Morgan fingerprint density at radius 2 is 2.00 bits per heavy atom. The third kappa shape index (κ3) is 2.54. The van der Waals surface area contributed by atoms with Gasteiger partial charge in [-0.1, -0.05) is 17.7 Å². The molecule has 0 aliphatic rings. The number of phenolic OH excluding ortho intramolecular Hbond substituents is 1. The predicted octanol–water partition coefficient (Wildman–Crippen LogP) is 1.37. The minimum Gasteiger partial charge on any atom is -0.506 e. The van der Waals surface area contributed by atoms with E-state index in [-0.39, 0.29) is 16.5 Å². The second kappa shape index (κ2) is 4.89. The van der Waals surface area contributed by atoms with E-state index in [2.05, 4.69) is 12.6 Å². The summed E-state index contributed by atoms with van der Waals surface area (Å²) in [6.45, 7) is 0. The quantitative estimate of drug-likeness (QED) is 0.598. The van der Waals surface area contributed by atoms with Crippen LogP contribution in [0.3, 0.4) is 0 Å². The van der Waals surface area contributed by atoms with Crippen LogP contribution in [-0.2, 0) is 0 Å². The molecule has 2 unspecified atom stereocenters. The number of phenols is 1. The Morgan fingerprint density at radius 1 is 1.36 bits per heavy atom. The lowest BCUT2D eigenvalue weighted by Crippen LogP contribution is -2.19. The largest absolute Gasteiger partial charge is 0.506 e. The van der Waals surface area contributed by atoms with Gasteiger partial charge in [0.15, 0.2) is 0 Å². The lowest BCUT2D eigenvalue weighted by Gasteiger charge is -2.16. The van der Waals surface area contributed by atoms with E-state index in [1.165, 1.54) is 12.1 Å². The van der Waals surface area contributed by atoms with E-state index < -0.39 is 12.2 Å². The molecule has 3 N–H and O–H groups in total. The summed E-state index contributed by atoms with van der Waals surface area (Å²) in [6, 6.07) is 4.32. The Morgan fingerprint density at radius 3 is 2.50 bits per heavy atom. The minimum atomic E-state index is -1.06. The molecule has 5 heteroatoms. The van der Waals surface area contributed by atoms with Crippen LogP contribution in [0.4, 0.5) is 0 Å². The number of hydrogen-bond acceptors (Lipinski definition) is 4. The van der Waals surface area contributed by atoms with Crippen LogP contribution in [0, 0.1) is 0 Å². The third-order valence-corrected chi connectivity index (χ3v) is 2.56. The van der Waals surface area contributed by atoms with Crippen LogP contribution >= 0.6 is 24.2 Å². The zero-order chi connectivity index (χ0) is 10.7. The molecule has 0 heterocycles. The van der Waals surface area contributed by atoms with Gasteiger partial charge in [0, 0.05) is 5.75 Å². The van der Waals surface area contributed by atoms with Crippen molar-refractivity contribution in [2.24, 2.45) is 0 Å². The number of benzene rings is 1. The first kappa shape index (κ1) is 11.7. The van der Waals surface area contributed by atoms with Crippen molar-refractivity contribution in [3.63, 3.8) is 0 Å². The lowest BCUT2D eigenvalue weighted by molar-refractivity contribution is 0.0336. The minimum absolute atomic E-state index is 0.116. The number of aliphatic hydroxyl groups excluding tert-OH is 2. The van der Waals surface area contributed by atoms with Crippen LogP contribution in [0.15, 0.2) is 18.2 Å². The maximum absolute atomic E-state index is 9.55. The van der Waals surface area contributed by atoms with E-state index in [0.29, 0.717) is 5.56 Å². The standard InChI is InChI=1S/C9H11ClO3S/c10-6-2-1-5(3-7(6)11)9(13)8(12)4-14/h1-3,8-9,11-14H,4H2. The first-order valence-corrected chi connectivity index (χ1v) is 5.02. The van der Waals surface area contributed by atoms with Crippen molar-refractivity contribution in [2.75, 3.05) is 5.75 Å². The monoisotopic (exact) mass is 234 g/mol. The number of halogens is 1. The fraction of sp³-hybridized carbons (Fsp3) is 0.333. The molecule has 0 aliphatic heterocycles. The summed E-state index contributed by atoms with van der Waals surface area (Å²) in [7, 11) is 0. The first-order valence-electron chi connectivity index (χ1n) is 4.01. The van der Waals surface area contributed by atoms with Crippen LogP contribution in [0.5, 0.6) is 5.75 Å². The molecule has 0 amide bonds. The van der Waals surface area contributed by atoms with Crippen LogP contribution in [0.2, 0.25) is 5.02 Å². The second-order valence-corrected chi connectivity index (χ2v) is 3.68. The van der Waals surface area contributed by atoms with Gasteiger partial charge in [-0.05, 0) is 17.7 Å². The van der Waals surface area contributed by atoms with Gasteiger partial charge in [0.25, 0.3) is 0 Å². The third-order valence-electron chi connectivity index (χ3n) is 1.86. The molecule has 0 saturated heterocycles. The number of aromatic hydroxyl groups is 1. The highest BCUT2D eigenvalue weighted by atomic mass is 35.5. The van der Waals surface area contributed by atoms with Gasteiger partial charge in [-0.2, -0.15) is 12.6 Å². The summed E-state index contributed by atoms with van der Waals surface area (Å²) in [6.07, 6.45) is -2.02. The normalized spacial score (nSPS) is 15.1. The molecular formula is C9H11ClO3S. The highest BCUT2D eigenvalue weighted by Gasteiger charge is 2.17. The molecule has 14 heavy (non-hydrogen) atoms. The fourth-order valence-corrected chi connectivity index (χ4v) is 1.35. The van der Waals surface area contributed by atoms with Crippen LogP contribution < -0.4 is 0 Å². The number of thiol groups is 1. The highest BCUT2D eigenvalue weighted by Crippen LogP contribution is 2.27.